The molecule has 0 radical (unpaired) electrons. The lowest BCUT2D eigenvalue weighted by Gasteiger charge is -2.23. The lowest BCUT2D eigenvalue weighted by Crippen LogP contribution is -2.44. The van der Waals surface area contributed by atoms with Crippen molar-refractivity contribution in [3.8, 4) is 11.6 Å². The van der Waals surface area contributed by atoms with Crippen molar-refractivity contribution in [1.29, 1.82) is 0 Å². The Labute approximate surface area is 258 Å². The number of amides is 1. The SMILES string of the molecule is CCCCCCCC/C=C\CCCCCCC(C(=O)[O-])c1c[n+](-c2ccc(C(F)(F)F)nc2)nc(O)c1C(=O)NC(C)(C)C. The number of carbonyl (C=O) groups excluding carboxylic acids is 2. The molecule has 2 rings (SSSR count). The minimum absolute atomic E-state index is 0.0407. The molecule has 2 heterocycles. The normalized spacial score (nSPS) is 12.9. The fraction of sp³-hybridized carbons (Fsp3) is 0.606. The van der Waals surface area contributed by atoms with Gasteiger partial charge in [-0.3, -0.25) is 4.79 Å². The average molecular weight is 621 g/mol. The van der Waals surface area contributed by atoms with E-state index in [9.17, 15) is 33.0 Å². The summed E-state index contributed by atoms with van der Waals surface area (Å²) in [4.78, 5) is 28.9. The lowest BCUT2D eigenvalue weighted by molar-refractivity contribution is -0.661. The number of unbranched alkanes of at least 4 members (excludes halogenated alkanes) is 10. The van der Waals surface area contributed by atoms with Crippen molar-refractivity contribution >= 4 is 11.9 Å². The molecule has 44 heavy (non-hydrogen) atoms. The van der Waals surface area contributed by atoms with Gasteiger partial charge in [0.05, 0.1) is 0 Å². The molecule has 2 aromatic heterocycles. The molecule has 0 aliphatic heterocycles. The molecule has 2 N–H and O–H groups in total. The summed E-state index contributed by atoms with van der Waals surface area (Å²) in [6.45, 7) is 7.40. The number of hydrogen-bond donors (Lipinski definition) is 2. The zero-order valence-corrected chi connectivity index (χ0v) is 26.4. The highest BCUT2D eigenvalue weighted by Crippen LogP contribution is 2.30. The molecule has 0 saturated carbocycles. The van der Waals surface area contributed by atoms with Crippen LogP contribution in [0.15, 0.2) is 36.7 Å². The Hall–Kier alpha value is -3.50. The Bertz CT molecular complexity index is 1230. The molecule has 1 amide bonds. The second kappa shape index (κ2) is 17.7. The van der Waals surface area contributed by atoms with Crippen LogP contribution in [-0.2, 0) is 11.0 Å². The van der Waals surface area contributed by atoms with Gasteiger partial charge in [-0.05, 0) is 63.6 Å². The van der Waals surface area contributed by atoms with Crippen LogP contribution in [0, 0.1) is 0 Å². The molecule has 0 spiro atoms. The van der Waals surface area contributed by atoms with E-state index >= 15 is 0 Å². The topological polar surface area (TPSA) is 119 Å². The molecule has 11 heteroatoms. The number of carboxylic acids is 1. The van der Waals surface area contributed by atoms with Crippen LogP contribution in [0.3, 0.4) is 0 Å². The predicted molar refractivity (Wildman–Crippen MR) is 160 cm³/mol. The number of aromatic hydroxyl groups is 1. The second-order valence-electron chi connectivity index (χ2n) is 12.2. The number of alkyl halides is 3. The van der Waals surface area contributed by atoms with Crippen molar-refractivity contribution in [2.75, 3.05) is 0 Å². The first-order valence-corrected chi connectivity index (χ1v) is 15.6. The highest BCUT2D eigenvalue weighted by molar-refractivity contribution is 5.99. The van der Waals surface area contributed by atoms with Crippen LogP contribution >= 0.6 is 0 Å². The molecule has 244 valence electrons. The van der Waals surface area contributed by atoms with Gasteiger partial charge < -0.3 is 20.3 Å². The molecular weight excluding hydrogens is 573 g/mol. The standard InChI is InChI=1S/C33H47F3N4O4/c1-5-6-7-8-9-10-11-12-13-14-15-16-17-18-19-25(31(43)44)26-23-40(24-20-21-27(37-22-24)33(34,35)36)39-30(42)28(26)29(41)38-32(2,3)4/h12-13,20-23,25H,5-11,14-19H2,1-4H3,(H2-,38,39,41,42,43,44)/b13-12-. The number of nitrogens with one attached hydrogen (secondary N) is 1. The summed E-state index contributed by atoms with van der Waals surface area (Å²) >= 11 is 0. The van der Waals surface area contributed by atoms with E-state index in [0.717, 1.165) is 55.1 Å². The fourth-order valence-corrected chi connectivity index (χ4v) is 4.87. The molecule has 1 atom stereocenters. The Morgan fingerprint density at radius 3 is 2.09 bits per heavy atom. The third-order valence-electron chi connectivity index (χ3n) is 7.16. The van der Waals surface area contributed by atoms with Crippen molar-refractivity contribution in [3.63, 3.8) is 0 Å². The molecule has 0 aliphatic rings. The molecule has 0 aliphatic carbocycles. The van der Waals surface area contributed by atoms with Crippen LogP contribution in [0.4, 0.5) is 13.2 Å². The number of aliphatic carboxylic acids is 1. The van der Waals surface area contributed by atoms with Crippen molar-refractivity contribution in [2.45, 2.75) is 129 Å². The van der Waals surface area contributed by atoms with Crippen LogP contribution in [0.25, 0.3) is 5.69 Å². The maximum atomic E-state index is 13.2. The summed E-state index contributed by atoms with van der Waals surface area (Å²) in [7, 11) is 0. The highest BCUT2D eigenvalue weighted by Gasteiger charge is 2.34. The van der Waals surface area contributed by atoms with Crippen LogP contribution < -0.4 is 15.1 Å². The van der Waals surface area contributed by atoms with Gasteiger partial charge >= 0.3 is 6.18 Å². The van der Waals surface area contributed by atoms with Gasteiger partial charge in [0.2, 0.25) is 6.20 Å². The molecular formula is C33H47F3N4O4. The summed E-state index contributed by atoms with van der Waals surface area (Å²) in [5.74, 6) is -4.19. The minimum Gasteiger partial charge on any atom is -0.549 e. The van der Waals surface area contributed by atoms with E-state index in [2.05, 4.69) is 34.5 Å². The van der Waals surface area contributed by atoms with Gasteiger partial charge in [-0.15, -0.1) is 0 Å². The number of rotatable bonds is 18. The number of pyridine rings is 1. The predicted octanol–water partition coefficient (Wildman–Crippen LogP) is 6.49. The van der Waals surface area contributed by atoms with E-state index in [4.69, 9.17) is 0 Å². The Kier molecular flexibility index (Phi) is 14.8. The average Bonchev–Trinajstić information content (AvgIpc) is 2.93. The smallest absolute Gasteiger partial charge is 0.433 e. The van der Waals surface area contributed by atoms with Gasteiger partial charge in [0.1, 0.15) is 17.5 Å². The van der Waals surface area contributed by atoms with Gasteiger partial charge in [0, 0.05) is 34.2 Å². The molecule has 0 saturated heterocycles. The maximum absolute atomic E-state index is 13.2. The lowest BCUT2D eigenvalue weighted by atomic mass is 9.90. The van der Waals surface area contributed by atoms with Crippen LogP contribution in [0.5, 0.6) is 5.88 Å². The van der Waals surface area contributed by atoms with Crippen molar-refractivity contribution in [3.05, 3.63) is 53.5 Å². The number of nitrogens with zero attached hydrogens (tertiary/aromatic N) is 3. The number of allylic oxidation sites excluding steroid dienone is 2. The summed E-state index contributed by atoms with van der Waals surface area (Å²) in [6, 6.07) is 1.85. The third kappa shape index (κ3) is 12.6. The summed E-state index contributed by atoms with van der Waals surface area (Å²) < 4.78 is 40.0. The number of carbonyl (C=O) groups is 2. The minimum atomic E-state index is -4.65. The first-order chi connectivity index (χ1) is 20.7. The van der Waals surface area contributed by atoms with E-state index in [1.165, 1.54) is 44.7 Å². The second-order valence-corrected chi connectivity index (χ2v) is 12.2. The zero-order valence-electron chi connectivity index (χ0n) is 26.4. The quantitative estimate of drug-likeness (QED) is 0.112. The number of carboxylic acid groups (broad SMARTS) is 1. The first kappa shape index (κ1) is 36.7. The third-order valence-corrected chi connectivity index (χ3v) is 7.16. The monoisotopic (exact) mass is 620 g/mol. The van der Waals surface area contributed by atoms with Crippen LogP contribution in [-0.4, -0.2) is 32.6 Å². The van der Waals surface area contributed by atoms with E-state index < -0.39 is 41.1 Å². The van der Waals surface area contributed by atoms with Crippen LogP contribution in [0.2, 0.25) is 0 Å². The number of aromatic nitrogens is 3. The van der Waals surface area contributed by atoms with Crippen molar-refractivity contribution in [1.82, 2.24) is 15.4 Å². The zero-order chi connectivity index (χ0) is 32.8. The Morgan fingerprint density at radius 1 is 0.977 bits per heavy atom. The van der Waals surface area contributed by atoms with Gasteiger partial charge in [0.25, 0.3) is 17.5 Å². The first-order valence-electron chi connectivity index (χ1n) is 15.6. The van der Waals surface area contributed by atoms with E-state index in [-0.39, 0.29) is 23.2 Å². The van der Waals surface area contributed by atoms with Crippen molar-refractivity contribution < 1.29 is 37.7 Å². The Balaban J connectivity index is 2.12. The van der Waals surface area contributed by atoms with Gasteiger partial charge in [0.15, 0.2) is 0 Å². The number of hydrogen-bond acceptors (Lipinski definition) is 6. The summed E-state index contributed by atoms with van der Waals surface area (Å²) in [5.41, 5.74) is -2.14. The van der Waals surface area contributed by atoms with Gasteiger partial charge in [-0.1, -0.05) is 70.4 Å². The van der Waals surface area contributed by atoms with E-state index in [1.54, 1.807) is 20.8 Å². The fourth-order valence-electron chi connectivity index (χ4n) is 4.87. The highest BCUT2D eigenvalue weighted by atomic mass is 19.4. The molecule has 8 nitrogen and oxygen atoms in total. The molecule has 2 aromatic rings. The number of halogens is 3. The molecule has 0 aromatic carbocycles. The van der Waals surface area contributed by atoms with Crippen LogP contribution in [0.1, 0.15) is 139 Å². The van der Waals surface area contributed by atoms with E-state index in [0.29, 0.717) is 6.42 Å². The molecule has 0 fully saturated rings. The molecule has 0 bridgehead atoms. The Morgan fingerprint density at radius 2 is 1.57 bits per heavy atom. The maximum Gasteiger partial charge on any atom is 0.433 e. The summed E-state index contributed by atoms with van der Waals surface area (Å²) in [5, 5.41) is 29.8. The van der Waals surface area contributed by atoms with Gasteiger partial charge in [-0.2, -0.15) is 13.2 Å². The molecule has 1 unspecified atom stereocenters. The van der Waals surface area contributed by atoms with Gasteiger partial charge in [-0.25, -0.2) is 4.98 Å². The van der Waals surface area contributed by atoms with E-state index in [1.807, 2.05) is 0 Å². The van der Waals surface area contributed by atoms with Crippen molar-refractivity contribution in [2.24, 2.45) is 0 Å². The largest absolute Gasteiger partial charge is 0.549 e. The summed E-state index contributed by atoms with van der Waals surface area (Å²) in [6.07, 6.45) is 14.9.